The van der Waals surface area contributed by atoms with E-state index in [1.807, 2.05) is 33.0 Å². The molecule has 0 aliphatic rings. The Morgan fingerprint density at radius 2 is 2.12 bits per heavy atom. The van der Waals surface area contributed by atoms with Crippen molar-refractivity contribution in [3.63, 3.8) is 0 Å². The van der Waals surface area contributed by atoms with E-state index in [1.54, 1.807) is 18.3 Å². The molecule has 0 aliphatic heterocycles. The molecule has 0 aliphatic carbocycles. The number of Topliss-reactive ketones (excluding diaryl/α,β-unsaturated/α-hetero) is 1. The van der Waals surface area contributed by atoms with Crippen LogP contribution in [0.15, 0.2) is 47.0 Å². The van der Waals surface area contributed by atoms with Crippen LogP contribution < -0.4 is 5.66 Å². The summed E-state index contributed by atoms with van der Waals surface area (Å²) in [6.45, 7) is 1.66. The second-order valence-electron chi connectivity index (χ2n) is 5.56. The van der Waals surface area contributed by atoms with Crippen LogP contribution in [0.4, 0.5) is 0 Å². The number of aryl methyl sites for hydroxylation is 1. The molecule has 1 aromatic carbocycles. The number of ether oxygens (including phenoxy) is 1. The number of furan rings is 1. The summed E-state index contributed by atoms with van der Waals surface area (Å²) in [5, 5.41) is 0.831. The molecule has 0 atom stereocenters. The molecule has 1 N–H and O–H groups in total. The van der Waals surface area contributed by atoms with E-state index < -0.39 is 5.97 Å². The van der Waals surface area contributed by atoms with Gasteiger partial charge in [-0.3, -0.25) is 4.79 Å². The van der Waals surface area contributed by atoms with E-state index in [0.717, 1.165) is 22.1 Å². The van der Waals surface area contributed by atoms with Crippen molar-refractivity contribution in [3.05, 3.63) is 59.5 Å². The first-order valence-corrected chi connectivity index (χ1v) is 7.55. The highest BCUT2D eigenvalue weighted by atomic mass is 16.5. The lowest BCUT2D eigenvalue weighted by atomic mass is 10.1. The van der Waals surface area contributed by atoms with Crippen LogP contribution in [0.2, 0.25) is 0 Å². The summed E-state index contributed by atoms with van der Waals surface area (Å²) >= 11 is 0. The molecule has 0 amide bonds. The number of esters is 1. The third-order valence-corrected chi connectivity index (χ3v) is 3.63. The number of ketones is 1. The zero-order valence-corrected chi connectivity index (χ0v) is 13.5. The number of carbonyl (C=O) groups is 2. The minimum atomic E-state index is -0.589. The summed E-state index contributed by atoms with van der Waals surface area (Å²) < 4.78 is 10.3. The fourth-order valence-corrected chi connectivity index (χ4v) is 2.42. The summed E-state index contributed by atoms with van der Waals surface area (Å²) in [7, 11) is 1.82. The zero-order chi connectivity index (χ0) is 17.1. The van der Waals surface area contributed by atoms with Gasteiger partial charge in [0.15, 0.2) is 14.5 Å². The molecule has 3 aromatic rings. The van der Waals surface area contributed by atoms with E-state index in [1.165, 1.54) is 12.2 Å². The van der Waals surface area contributed by atoms with E-state index in [-0.39, 0.29) is 12.4 Å². The molecule has 120 valence electrons. The van der Waals surface area contributed by atoms with E-state index >= 15 is 0 Å². The fourth-order valence-electron chi connectivity index (χ4n) is 2.42. The maximum absolute atomic E-state index is 12.3. The van der Waals surface area contributed by atoms with Gasteiger partial charge >= 0.3 is 5.97 Å². The van der Waals surface area contributed by atoms with Crippen molar-refractivity contribution >= 4 is 42.2 Å². The molecule has 2 aromatic heterocycles. The number of hydrogen-bond donors (Lipinski definition) is 1. The van der Waals surface area contributed by atoms with Gasteiger partial charge in [0.1, 0.15) is 5.76 Å². The molecule has 0 saturated carbocycles. The molecule has 0 unspecified atom stereocenters. The van der Waals surface area contributed by atoms with Crippen LogP contribution in [0.1, 0.15) is 21.7 Å². The van der Waals surface area contributed by atoms with E-state index in [9.17, 15) is 9.59 Å². The lowest BCUT2D eigenvalue weighted by Crippen LogP contribution is -2.12. The van der Waals surface area contributed by atoms with E-state index in [4.69, 9.17) is 9.15 Å². The second-order valence-corrected chi connectivity index (χ2v) is 5.56. The highest BCUT2D eigenvalue weighted by Crippen LogP contribution is 2.20. The van der Waals surface area contributed by atoms with Gasteiger partial charge in [0, 0.05) is 28.7 Å². The number of fused-ring (bicyclic) bond motifs is 1. The van der Waals surface area contributed by atoms with Gasteiger partial charge in [-0.1, -0.05) is 11.6 Å². The number of H-pyrrole nitrogens is 1. The molecule has 0 saturated heterocycles. The zero-order valence-electron chi connectivity index (χ0n) is 13.5. The van der Waals surface area contributed by atoms with Crippen molar-refractivity contribution in [2.45, 2.75) is 6.92 Å². The molecule has 3 rings (SSSR count). The predicted octanol–water partition coefficient (Wildman–Crippen LogP) is 1.77. The molecular formula is C18H16BNO4. The van der Waals surface area contributed by atoms with Crippen molar-refractivity contribution in [1.82, 2.24) is 4.98 Å². The first-order valence-electron chi connectivity index (χ1n) is 7.55. The number of aromatic amines is 1. The van der Waals surface area contributed by atoms with Gasteiger partial charge in [0.05, 0.1) is 5.66 Å². The minimum absolute atomic E-state index is 0.248. The molecule has 5 nitrogen and oxygen atoms in total. The molecule has 0 fully saturated rings. The van der Waals surface area contributed by atoms with Crippen molar-refractivity contribution in [1.29, 1.82) is 0 Å². The van der Waals surface area contributed by atoms with Crippen molar-refractivity contribution < 1.29 is 18.7 Å². The lowest BCUT2D eigenvalue weighted by molar-refractivity contribution is -0.136. The molecule has 0 spiro atoms. The Hall–Kier alpha value is -3.02. The van der Waals surface area contributed by atoms with Crippen LogP contribution in [-0.4, -0.2) is 31.2 Å². The molecule has 0 bridgehead atoms. The molecule has 6 heteroatoms. The number of hydrogen-bond acceptors (Lipinski definition) is 4. The van der Waals surface area contributed by atoms with Crippen LogP contribution in [-0.2, 0) is 9.53 Å². The summed E-state index contributed by atoms with van der Waals surface area (Å²) in [6, 6.07) is 9.36. The van der Waals surface area contributed by atoms with Gasteiger partial charge in [-0.05, 0) is 37.3 Å². The largest absolute Gasteiger partial charge is 0.473 e. The molecule has 2 heterocycles. The van der Waals surface area contributed by atoms with Crippen LogP contribution in [0.3, 0.4) is 0 Å². The number of nitrogens with one attached hydrogen (secondary N) is 1. The van der Waals surface area contributed by atoms with E-state index in [2.05, 4.69) is 4.98 Å². The van der Waals surface area contributed by atoms with Crippen LogP contribution in [0.25, 0.3) is 17.0 Å². The van der Waals surface area contributed by atoms with Gasteiger partial charge in [0.2, 0.25) is 5.78 Å². The lowest BCUT2D eigenvalue weighted by Gasteiger charge is -2.01. The third-order valence-electron chi connectivity index (χ3n) is 3.63. The van der Waals surface area contributed by atoms with Crippen molar-refractivity contribution in [3.8, 4) is 0 Å². The fraction of sp³-hybridized carbons (Fsp3) is 0.111. The summed E-state index contributed by atoms with van der Waals surface area (Å²) in [4.78, 5) is 27.0. The van der Waals surface area contributed by atoms with Gasteiger partial charge in [-0.15, -0.1) is 0 Å². The first-order chi connectivity index (χ1) is 11.5. The van der Waals surface area contributed by atoms with Crippen LogP contribution in [0.5, 0.6) is 0 Å². The average Bonchev–Trinajstić information content (AvgIpc) is 3.16. The van der Waals surface area contributed by atoms with Gasteiger partial charge in [-0.25, -0.2) is 4.79 Å². The number of carbonyl (C=O) groups excluding carboxylic acids is 2. The maximum Gasteiger partial charge on any atom is 0.331 e. The maximum atomic E-state index is 12.3. The Balaban J connectivity index is 1.63. The summed E-state index contributed by atoms with van der Waals surface area (Å²) in [5.41, 5.74) is 3.22. The Bertz CT molecular complexity index is 936. The van der Waals surface area contributed by atoms with Crippen LogP contribution in [0, 0.1) is 6.92 Å². The van der Waals surface area contributed by atoms with Gasteiger partial charge < -0.3 is 14.1 Å². The smallest absolute Gasteiger partial charge is 0.331 e. The monoisotopic (exact) mass is 321 g/mol. The Kier molecular flexibility index (Phi) is 4.38. The highest BCUT2D eigenvalue weighted by Gasteiger charge is 2.13. The standard InChI is InChI=1S/C18H16BNO4/c1-11-2-5-15-13(8-11)14(9-20-15)16(21)10-23-18(22)7-4-12-3-6-17(19)24-12/h2-9,20H,10,19H2,1H3/b7-4+. The average molecular weight is 321 g/mol. The predicted molar refractivity (Wildman–Crippen MR) is 94.2 cm³/mol. The van der Waals surface area contributed by atoms with Gasteiger partial charge in [0.25, 0.3) is 0 Å². The Morgan fingerprint density at radius 3 is 2.88 bits per heavy atom. The summed E-state index contributed by atoms with van der Waals surface area (Å²) in [5.74, 6) is -0.279. The molecule has 24 heavy (non-hydrogen) atoms. The third kappa shape index (κ3) is 3.48. The van der Waals surface area contributed by atoms with Crippen molar-refractivity contribution in [2.24, 2.45) is 0 Å². The molecule has 0 radical (unpaired) electrons. The van der Waals surface area contributed by atoms with Crippen LogP contribution >= 0.6 is 0 Å². The first kappa shape index (κ1) is 15.9. The Labute approximate surface area is 139 Å². The number of benzene rings is 1. The Morgan fingerprint density at radius 1 is 1.29 bits per heavy atom. The van der Waals surface area contributed by atoms with E-state index in [0.29, 0.717) is 11.3 Å². The highest BCUT2D eigenvalue weighted by molar-refractivity contribution is 6.29. The number of aromatic nitrogens is 1. The minimum Gasteiger partial charge on any atom is -0.473 e. The molecular weight excluding hydrogens is 305 g/mol. The topological polar surface area (TPSA) is 72.3 Å². The van der Waals surface area contributed by atoms with Gasteiger partial charge in [-0.2, -0.15) is 0 Å². The number of rotatable bonds is 5. The second kappa shape index (κ2) is 6.62. The normalized spacial score (nSPS) is 11.2. The SMILES string of the molecule is Bc1ccc(/C=C/C(=O)OCC(=O)c2c[nH]c3ccc(C)cc23)o1. The quantitative estimate of drug-likeness (QED) is 0.336. The van der Waals surface area contributed by atoms with Crippen molar-refractivity contribution in [2.75, 3.05) is 6.61 Å². The summed E-state index contributed by atoms with van der Waals surface area (Å²) in [6.07, 6.45) is 4.39.